The lowest BCUT2D eigenvalue weighted by Crippen LogP contribution is -1.97. The summed E-state index contributed by atoms with van der Waals surface area (Å²) in [5.74, 6) is 0.301. The average molecular weight is 358 g/mol. The fourth-order valence-electron chi connectivity index (χ4n) is 1.91. The van der Waals surface area contributed by atoms with E-state index in [1.807, 2.05) is 13.8 Å². The van der Waals surface area contributed by atoms with Crippen molar-refractivity contribution in [3.63, 3.8) is 0 Å². The van der Waals surface area contributed by atoms with Crippen molar-refractivity contribution in [1.29, 1.82) is 0 Å². The van der Waals surface area contributed by atoms with Crippen molar-refractivity contribution in [3.8, 4) is 0 Å². The Balaban J connectivity index is 4.48. The second-order valence-electron chi connectivity index (χ2n) is 5.53. The Labute approximate surface area is 132 Å². The van der Waals surface area contributed by atoms with Crippen molar-refractivity contribution < 1.29 is 32.6 Å². The number of allylic oxidation sites excluding steroid dienone is 2. The lowest BCUT2D eigenvalue weighted by molar-refractivity contribution is 0.203. The summed E-state index contributed by atoms with van der Waals surface area (Å²) in [5.41, 5.74) is 0. The van der Waals surface area contributed by atoms with Crippen LogP contribution < -0.4 is 0 Å². The molecule has 0 aromatic heterocycles. The van der Waals surface area contributed by atoms with Gasteiger partial charge in [-0.2, -0.15) is 4.31 Å². The number of unbranched alkanes of at least 4 members (excludes halogenated alkanes) is 5. The molecule has 0 saturated heterocycles. The number of hydrogen-bond donors (Lipinski definition) is 3. The molecule has 0 aliphatic heterocycles. The van der Waals surface area contributed by atoms with E-state index < -0.39 is 15.6 Å². The minimum Gasteiger partial charge on any atom is -0.409 e. The van der Waals surface area contributed by atoms with Gasteiger partial charge in [0, 0.05) is 6.42 Å². The Kier molecular flexibility index (Phi) is 10.5. The van der Waals surface area contributed by atoms with Crippen molar-refractivity contribution in [2.24, 2.45) is 5.92 Å². The van der Waals surface area contributed by atoms with Crippen molar-refractivity contribution in [2.75, 3.05) is 0 Å². The summed E-state index contributed by atoms with van der Waals surface area (Å²) in [5, 5.41) is 0. The minimum absolute atomic E-state index is 0.0742. The topological polar surface area (TPSA) is 113 Å². The van der Waals surface area contributed by atoms with Crippen LogP contribution in [0.4, 0.5) is 0 Å². The maximum absolute atomic E-state index is 11.6. The SMILES string of the molecule is CCCCCCCCC(=CC(C)C)OP(=O)(O)OP(=O)(O)O. The number of phosphoric ester groups is 1. The third kappa shape index (κ3) is 13.5. The predicted molar refractivity (Wildman–Crippen MR) is 85.0 cm³/mol. The molecule has 0 aliphatic rings. The lowest BCUT2D eigenvalue weighted by atomic mass is 10.1. The van der Waals surface area contributed by atoms with Crippen LogP contribution in [0.15, 0.2) is 11.8 Å². The summed E-state index contributed by atoms with van der Waals surface area (Å²) in [6, 6.07) is 0. The Hall–Kier alpha value is -0.160. The fourth-order valence-corrected chi connectivity index (χ4v) is 3.57. The molecule has 9 heteroatoms. The van der Waals surface area contributed by atoms with Crippen LogP contribution in [0.3, 0.4) is 0 Å². The zero-order valence-corrected chi connectivity index (χ0v) is 15.3. The molecule has 1 atom stereocenters. The van der Waals surface area contributed by atoms with E-state index >= 15 is 0 Å². The van der Waals surface area contributed by atoms with Gasteiger partial charge in [-0.1, -0.05) is 52.9 Å². The van der Waals surface area contributed by atoms with Crippen LogP contribution in [0.25, 0.3) is 0 Å². The van der Waals surface area contributed by atoms with Crippen LogP contribution in [0.5, 0.6) is 0 Å². The monoisotopic (exact) mass is 358 g/mol. The van der Waals surface area contributed by atoms with E-state index in [0.717, 1.165) is 32.1 Å². The minimum atomic E-state index is -5.09. The van der Waals surface area contributed by atoms with E-state index in [1.165, 1.54) is 6.42 Å². The molecule has 132 valence electrons. The molecule has 0 amide bonds. The summed E-state index contributed by atoms with van der Waals surface area (Å²) >= 11 is 0. The molecule has 22 heavy (non-hydrogen) atoms. The first-order chi connectivity index (χ1) is 10.1. The largest absolute Gasteiger partial charge is 0.536 e. The molecular weight excluding hydrogens is 330 g/mol. The van der Waals surface area contributed by atoms with Crippen molar-refractivity contribution in [1.82, 2.24) is 0 Å². The van der Waals surface area contributed by atoms with Gasteiger partial charge in [0.25, 0.3) is 0 Å². The first kappa shape index (κ1) is 21.8. The maximum Gasteiger partial charge on any atom is 0.536 e. The first-order valence-electron chi connectivity index (χ1n) is 7.55. The zero-order chi connectivity index (χ0) is 17.2. The van der Waals surface area contributed by atoms with Crippen LogP contribution in [-0.4, -0.2) is 14.7 Å². The smallest absolute Gasteiger partial charge is 0.409 e. The summed E-state index contributed by atoms with van der Waals surface area (Å²) in [7, 11) is -9.91. The number of rotatable bonds is 12. The maximum atomic E-state index is 11.6. The summed E-state index contributed by atoms with van der Waals surface area (Å²) < 4.78 is 30.8. The third-order valence-electron chi connectivity index (χ3n) is 2.74. The van der Waals surface area contributed by atoms with E-state index in [4.69, 9.17) is 14.3 Å². The Bertz CT molecular complexity index is 428. The molecular formula is C13H28O7P2. The second kappa shape index (κ2) is 10.6. The molecule has 0 heterocycles. The molecule has 0 bridgehead atoms. The fraction of sp³-hybridized carbons (Fsp3) is 0.846. The van der Waals surface area contributed by atoms with E-state index in [1.54, 1.807) is 6.08 Å². The van der Waals surface area contributed by atoms with Crippen LogP contribution in [0.1, 0.15) is 65.7 Å². The van der Waals surface area contributed by atoms with Gasteiger partial charge in [-0.15, -0.1) is 0 Å². The highest BCUT2D eigenvalue weighted by Gasteiger charge is 2.34. The quantitative estimate of drug-likeness (QED) is 0.267. The molecule has 7 nitrogen and oxygen atoms in total. The highest BCUT2D eigenvalue weighted by Crippen LogP contribution is 2.58. The van der Waals surface area contributed by atoms with Crippen LogP contribution in [-0.2, 0) is 18.0 Å². The van der Waals surface area contributed by atoms with Gasteiger partial charge in [0.15, 0.2) is 0 Å². The molecule has 1 unspecified atom stereocenters. The predicted octanol–water partition coefficient (Wildman–Crippen LogP) is 4.50. The standard InChI is InChI=1S/C13H28O7P2/c1-4-5-6-7-8-9-10-13(11-12(2)3)19-22(17,18)20-21(14,15)16/h11-12H,4-10H2,1-3H3,(H,17,18)(H2,14,15,16). The lowest BCUT2D eigenvalue weighted by Gasteiger charge is -2.16. The molecule has 0 aromatic rings. The van der Waals surface area contributed by atoms with Gasteiger partial charge in [-0.3, -0.25) is 4.89 Å². The van der Waals surface area contributed by atoms with E-state index in [0.29, 0.717) is 6.42 Å². The van der Waals surface area contributed by atoms with Crippen LogP contribution >= 0.6 is 15.6 Å². The van der Waals surface area contributed by atoms with Gasteiger partial charge in [0.2, 0.25) is 0 Å². The summed E-state index contributed by atoms with van der Waals surface area (Å²) in [6.07, 6.45) is 8.41. The summed E-state index contributed by atoms with van der Waals surface area (Å²) in [6.45, 7) is 5.88. The van der Waals surface area contributed by atoms with E-state index in [-0.39, 0.29) is 11.7 Å². The molecule has 0 aromatic carbocycles. The normalized spacial score (nSPS) is 15.9. The van der Waals surface area contributed by atoms with E-state index in [9.17, 15) is 14.0 Å². The van der Waals surface area contributed by atoms with Crippen molar-refractivity contribution in [3.05, 3.63) is 11.8 Å². The van der Waals surface area contributed by atoms with Gasteiger partial charge in [0.1, 0.15) is 5.76 Å². The van der Waals surface area contributed by atoms with Gasteiger partial charge in [-0.25, -0.2) is 9.13 Å². The Morgan fingerprint density at radius 1 is 1.05 bits per heavy atom. The molecule has 0 fully saturated rings. The Morgan fingerprint density at radius 3 is 2.09 bits per heavy atom. The third-order valence-corrected chi connectivity index (χ3v) is 4.88. The number of phosphoric acid groups is 2. The Morgan fingerprint density at radius 2 is 1.59 bits per heavy atom. The summed E-state index contributed by atoms with van der Waals surface area (Å²) in [4.78, 5) is 26.6. The molecule has 0 rings (SSSR count). The van der Waals surface area contributed by atoms with Gasteiger partial charge >= 0.3 is 15.6 Å². The van der Waals surface area contributed by atoms with Crippen molar-refractivity contribution in [2.45, 2.75) is 65.7 Å². The second-order valence-corrected chi connectivity index (χ2v) is 8.28. The molecule has 0 saturated carbocycles. The van der Waals surface area contributed by atoms with Crippen LogP contribution in [0, 0.1) is 5.92 Å². The van der Waals surface area contributed by atoms with Gasteiger partial charge in [0.05, 0.1) is 0 Å². The highest BCUT2D eigenvalue weighted by molar-refractivity contribution is 7.60. The molecule has 0 radical (unpaired) electrons. The van der Waals surface area contributed by atoms with Crippen molar-refractivity contribution >= 4 is 15.6 Å². The van der Waals surface area contributed by atoms with Crippen LogP contribution in [0.2, 0.25) is 0 Å². The highest BCUT2D eigenvalue weighted by atomic mass is 31.3. The molecule has 3 N–H and O–H groups in total. The zero-order valence-electron chi connectivity index (χ0n) is 13.5. The number of hydrogen-bond acceptors (Lipinski definition) is 4. The average Bonchev–Trinajstić information content (AvgIpc) is 2.28. The van der Waals surface area contributed by atoms with E-state index in [2.05, 4.69) is 11.2 Å². The van der Waals surface area contributed by atoms with Gasteiger partial charge < -0.3 is 14.3 Å². The first-order valence-corrected chi connectivity index (χ1v) is 10.6. The molecule has 0 spiro atoms. The molecule has 0 aliphatic carbocycles. The van der Waals surface area contributed by atoms with Gasteiger partial charge in [-0.05, 0) is 18.4 Å².